The van der Waals surface area contributed by atoms with Gasteiger partial charge in [0.1, 0.15) is 6.10 Å². The molecule has 1 aliphatic rings. The summed E-state index contributed by atoms with van der Waals surface area (Å²) in [6.07, 6.45) is 7.41. The quantitative estimate of drug-likeness (QED) is 0.874. The summed E-state index contributed by atoms with van der Waals surface area (Å²) >= 11 is 0. The predicted octanol–water partition coefficient (Wildman–Crippen LogP) is 2.68. The third kappa shape index (κ3) is 3.12. The van der Waals surface area contributed by atoms with E-state index >= 15 is 0 Å². The molecule has 1 saturated heterocycles. The maximum Gasteiger partial charge on any atom is 0.101 e. The first-order chi connectivity index (χ1) is 8.72. The topological polar surface area (TPSA) is 39.1 Å². The third-order valence-corrected chi connectivity index (χ3v) is 3.55. The molecule has 102 valence electrons. The molecule has 0 saturated carbocycles. The van der Waals surface area contributed by atoms with Crippen LogP contribution in [-0.4, -0.2) is 28.7 Å². The van der Waals surface area contributed by atoms with Gasteiger partial charge in [0, 0.05) is 18.7 Å². The van der Waals surface area contributed by atoms with E-state index in [1.54, 1.807) is 0 Å². The molecule has 0 aliphatic carbocycles. The zero-order chi connectivity index (χ0) is 13.0. The van der Waals surface area contributed by atoms with Gasteiger partial charge in [0.05, 0.1) is 18.2 Å². The average molecular weight is 251 g/mol. The zero-order valence-corrected chi connectivity index (χ0v) is 11.7. The maximum absolute atomic E-state index is 5.92. The summed E-state index contributed by atoms with van der Waals surface area (Å²) in [4.78, 5) is 4.27. The molecular weight excluding hydrogens is 226 g/mol. The fraction of sp³-hybridized carbons (Fsp3) is 0.786. The molecule has 18 heavy (non-hydrogen) atoms. The number of rotatable bonds is 5. The van der Waals surface area contributed by atoms with E-state index in [1.807, 2.05) is 12.5 Å². The molecule has 2 unspecified atom stereocenters. The first-order valence-corrected chi connectivity index (χ1v) is 7.09. The lowest BCUT2D eigenvalue weighted by Gasteiger charge is -2.31. The Morgan fingerprint density at radius 1 is 1.56 bits per heavy atom. The summed E-state index contributed by atoms with van der Waals surface area (Å²) in [5, 5.41) is 3.60. The number of hydrogen-bond donors (Lipinski definition) is 1. The van der Waals surface area contributed by atoms with Crippen LogP contribution in [0.2, 0.25) is 0 Å². The Morgan fingerprint density at radius 2 is 2.39 bits per heavy atom. The lowest BCUT2D eigenvalue weighted by atomic mass is 10.0. The van der Waals surface area contributed by atoms with Gasteiger partial charge in [-0.15, -0.1) is 0 Å². The van der Waals surface area contributed by atoms with Crippen molar-refractivity contribution in [2.75, 3.05) is 13.2 Å². The van der Waals surface area contributed by atoms with Crippen LogP contribution in [0.5, 0.6) is 0 Å². The van der Waals surface area contributed by atoms with Crippen molar-refractivity contribution in [2.24, 2.45) is 0 Å². The third-order valence-electron chi connectivity index (χ3n) is 3.55. The van der Waals surface area contributed by atoms with Crippen molar-refractivity contribution in [2.45, 2.75) is 58.2 Å². The van der Waals surface area contributed by atoms with Crippen LogP contribution in [0.4, 0.5) is 0 Å². The summed E-state index contributed by atoms with van der Waals surface area (Å²) in [6, 6.07) is 1.02. The molecule has 1 aromatic heterocycles. The minimum absolute atomic E-state index is 0.193. The van der Waals surface area contributed by atoms with Crippen LogP contribution in [0.15, 0.2) is 12.5 Å². The van der Waals surface area contributed by atoms with Gasteiger partial charge in [-0.2, -0.15) is 0 Å². The van der Waals surface area contributed by atoms with Gasteiger partial charge in [0.25, 0.3) is 0 Å². The van der Waals surface area contributed by atoms with Gasteiger partial charge < -0.3 is 14.6 Å². The second-order valence-corrected chi connectivity index (χ2v) is 5.35. The zero-order valence-electron chi connectivity index (χ0n) is 11.7. The van der Waals surface area contributed by atoms with Gasteiger partial charge in [-0.1, -0.05) is 6.92 Å². The highest BCUT2D eigenvalue weighted by Gasteiger charge is 2.26. The summed E-state index contributed by atoms with van der Waals surface area (Å²) in [5.41, 5.74) is 1.22. The second kappa shape index (κ2) is 6.34. The van der Waals surface area contributed by atoms with Gasteiger partial charge in [-0.3, -0.25) is 0 Å². The predicted molar refractivity (Wildman–Crippen MR) is 72.6 cm³/mol. The van der Waals surface area contributed by atoms with Crippen LogP contribution >= 0.6 is 0 Å². The van der Waals surface area contributed by atoms with E-state index in [1.165, 1.54) is 12.1 Å². The number of hydrogen-bond acceptors (Lipinski definition) is 3. The Labute approximate surface area is 110 Å². The Hall–Kier alpha value is -0.870. The molecule has 0 radical (unpaired) electrons. The van der Waals surface area contributed by atoms with Crippen LogP contribution in [0, 0.1) is 0 Å². The van der Waals surface area contributed by atoms with Crippen molar-refractivity contribution in [3.8, 4) is 0 Å². The van der Waals surface area contributed by atoms with Crippen LogP contribution < -0.4 is 5.32 Å². The van der Waals surface area contributed by atoms with Crippen LogP contribution in [0.25, 0.3) is 0 Å². The minimum atomic E-state index is 0.193. The normalized spacial score (nSPS) is 24.7. The molecule has 2 atom stereocenters. The van der Waals surface area contributed by atoms with E-state index in [0.29, 0.717) is 12.1 Å². The number of ether oxygens (including phenoxy) is 1. The molecule has 4 nitrogen and oxygen atoms in total. The Kier molecular flexibility index (Phi) is 4.78. The van der Waals surface area contributed by atoms with Crippen molar-refractivity contribution < 1.29 is 4.74 Å². The Morgan fingerprint density at radius 3 is 3.11 bits per heavy atom. The van der Waals surface area contributed by atoms with Crippen molar-refractivity contribution in [3.63, 3.8) is 0 Å². The molecular formula is C14H25N3O. The highest BCUT2D eigenvalue weighted by atomic mass is 16.5. The first-order valence-electron chi connectivity index (χ1n) is 7.09. The van der Waals surface area contributed by atoms with E-state index in [0.717, 1.165) is 26.0 Å². The molecule has 0 amide bonds. The van der Waals surface area contributed by atoms with Crippen LogP contribution in [-0.2, 0) is 4.74 Å². The monoisotopic (exact) mass is 251 g/mol. The average Bonchev–Trinajstić information content (AvgIpc) is 2.86. The van der Waals surface area contributed by atoms with Gasteiger partial charge in [-0.05, 0) is 39.7 Å². The standard InChI is InChI=1S/C14H25N3O/c1-4-6-16-12-5-7-18-14(8-12)13-9-15-10-17(13)11(2)3/h9-12,14,16H,4-8H2,1-3H3. The SMILES string of the molecule is CCCNC1CCOC(c2cncn2C(C)C)C1. The van der Waals surface area contributed by atoms with E-state index in [9.17, 15) is 0 Å². The molecule has 2 rings (SSSR count). The lowest BCUT2D eigenvalue weighted by Crippen LogP contribution is -2.37. The highest BCUT2D eigenvalue weighted by Crippen LogP contribution is 2.29. The first kappa shape index (κ1) is 13.6. The number of nitrogens with one attached hydrogen (secondary N) is 1. The minimum Gasteiger partial charge on any atom is -0.372 e. The second-order valence-electron chi connectivity index (χ2n) is 5.35. The van der Waals surface area contributed by atoms with E-state index in [-0.39, 0.29) is 6.10 Å². The molecule has 1 N–H and O–H groups in total. The molecule has 1 fully saturated rings. The largest absolute Gasteiger partial charge is 0.372 e. The van der Waals surface area contributed by atoms with Crippen molar-refractivity contribution in [3.05, 3.63) is 18.2 Å². The summed E-state index contributed by atoms with van der Waals surface area (Å²) < 4.78 is 8.14. The molecule has 4 heteroatoms. The Bertz CT molecular complexity index is 362. The van der Waals surface area contributed by atoms with Gasteiger partial charge in [0.15, 0.2) is 0 Å². The molecule has 1 aromatic rings. The van der Waals surface area contributed by atoms with E-state index in [4.69, 9.17) is 4.74 Å². The lowest BCUT2D eigenvalue weighted by molar-refractivity contribution is -0.00457. The van der Waals surface area contributed by atoms with Gasteiger partial charge >= 0.3 is 0 Å². The fourth-order valence-electron chi connectivity index (χ4n) is 2.53. The highest BCUT2D eigenvalue weighted by molar-refractivity contribution is 5.06. The summed E-state index contributed by atoms with van der Waals surface area (Å²) in [5.74, 6) is 0. The number of aromatic nitrogens is 2. The Balaban J connectivity index is 2.01. The maximum atomic E-state index is 5.92. The van der Waals surface area contributed by atoms with E-state index in [2.05, 4.69) is 35.6 Å². The van der Waals surface area contributed by atoms with E-state index < -0.39 is 0 Å². The van der Waals surface area contributed by atoms with Crippen LogP contribution in [0.3, 0.4) is 0 Å². The summed E-state index contributed by atoms with van der Waals surface area (Å²) in [6.45, 7) is 8.51. The van der Waals surface area contributed by atoms with Crippen molar-refractivity contribution >= 4 is 0 Å². The smallest absolute Gasteiger partial charge is 0.101 e. The van der Waals surface area contributed by atoms with Crippen molar-refractivity contribution in [1.82, 2.24) is 14.9 Å². The molecule has 2 heterocycles. The summed E-state index contributed by atoms with van der Waals surface area (Å²) in [7, 11) is 0. The molecule has 0 spiro atoms. The van der Waals surface area contributed by atoms with Crippen LogP contribution in [0.1, 0.15) is 57.9 Å². The number of imidazole rings is 1. The van der Waals surface area contributed by atoms with Crippen molar-refractivity contribution in [1.29, 1.82) is 0 Å². The number of nitrogens with zero attached hydrogens (tertiary/aromatic N) is 2. The fourth-order valence-corrected chi connectivity index (χ4v) is 2.53. The van der Waals surface area contributed by atoms with Gasteiger partial charge in [0.2, 0.25) is 0 Å². The molecule has 1 aliphatic heterocycles. The molecule has 0 aromatic carbocycles. The van der Waals surface area contributed by atoms with Gasteiger partial charge in [-0.25, -0.2) is 4.98 Å². The molecule has 0 bridgehead atoms.